The Morgan fingerprint density at radius 3 is 2.04 bits per heavy atom. The second-order valence-electron chi connectivity index (χ2n) is 6.93. The maximum atomic E-state index is 5.55. The zero-order chi connectivity index (χ0) is 16.5. The summed E-state index contributed by atoms with van der Waals surface area (Å²) in [5, 5.41) is 0. The maximum Gasteiger partial charge on any atom is 2.00 e. The van der Waals surface area contributed by atoms with E-state index in [0.717, 1.165) is 31.5 Å². The van der Waals surface area contributed by atoms with Gasteiger partial charge in [-0.05, 0) is 25.2 Å². The smallest absolute Gasteiger partial charge is 1.00 e. The molecule has 0 spiro atoms. The molecule has 0 saturated heterocycles. The van der Waals surface area contributed by atoms with Crippen LogP contribution in [0.5, 0.6) is 0 Å². The summed E-state index contributed by atoms with van der Waals surface area (Å²) in [6.07, 6.45) is 15.2. The minimum atomic E-state index is 0. The molecule has 0 heterocycles. The maximum absolute atomic E-state index is 5.55. The van der Waals surface area contributed by atoms with Crippen LogP contribution in [0.25, 0.3) is 0 Å². The molecule has 0 bridgehead atoms. The summed E-state index contributed by atoms with van der Waals surface area (Å²) in [4.78, 5) is 0. The van der Waals surface area contributed by atoms with Crippen molar-refractivity contribution in [1.29, 1.82) is 0 Å². The molecule has 0 fully saturated rings. The van der Waals surface area contributed by atoms with Crippen molar-refractivity contribution in [2.24, 2.45) is 11.8 Å². The average Bonchev–Trinajstić information content (AvgIpc) is 2.48. The van der Waals surface area contributed by atoms with Gasteiger partial charge in [0.1, 0.15) is 6.79 Å². The van der Waals surface area contributed by atoms with Crippen molar-refractivity contribution in [2.75, 3.05) is 20.0 Å². The van der Waals surface area contributed by atoms with Crippen molar-refractivity contribution >= 4 is 23.1 Å². The molecular weight excluding hydrogens is 332 g/mol. The molecule has 0 N–H and O–H groups in total. The fourth-order valence-corrected chi connectivity index (χ4v) is 3.00. The van der Waals surface area contributed by atoms with Gasteiger partial charge in [-0.1, -0.05) is 65.2 Å². The molecule has 0 aliphatic rings. The van der Waals surface area contributed by atoms with Gasteiger partial charge in [-0.15, -0.1) is 0 Å². The first-order chi connectivity index (χ1) is 10.7. The largest absolute Gasteiger partial charge is 2.00 e. The molecule has 142 valence electrons. The van der Waals surface area contributed by atoms with Crippen molar-refractivity contribution in [2.45, 2.75) is 91.9 Å². The van der Waals surface area contributed by atoms with Crippen LogP contribution in [0.3, 0.4) is 0 Å². The minimum absolute atomic E-state index is 0. The Kier molecular flexibility index (Phi) is 29.7. The molecule has 0 radical (unpaired) electrons. The average molecular weight is 373 g/mol. The first-order valence-electron chi connectivity index (χ1n) is 9.64. The third-order valence-electron chi connectivity index (χ3n) is 4.24. The van der Waals surface area contributed by atoms with E-state index >= 15 is 0 Å². The molecule has 24 heavy (non-hydrogen) atoms. The number of ether oxygens (including phenoxy) is 2. The first-order valence-corrected chi connectivity index (χ1v) is 9.64. The van der Waals surface area contributed by atoms with Crippen LogP contribution in [0.15, 0.2) is 0 Å². The molecule has 0 saturated carbocycles. The molecule has 0 aliphatic carbocycles. The van der Waals surface area contributed by atoms with E-state index in [4.69, 9.17) is 9.47 Å². The van der Waals surface area contributed by atoms with Crippen LogP contribution in [-0.4, -0.2) is 43.1 Å². The first kappa shape index (κ1) is 29.7. The zero-order valence-electron chi connectivity index (χ0n) is 16.8. The second kappa shape index (κ2) is 24.0. The van der Waals surface area contributed by atoms with E-state index in [-0.39, 0.29) is 35.5 Å². The third kappa shape index (κ3) is 23.0. The summed E-state index contributed by atoms with van der Waals surface area (Å²) in [6.45, 7) is 11.3. The van der Waals surface area contributed by atoms with Crippen molar-refractivity contribution < 1.29 is 21.9 Å². The third-order valence-corrected chi connectivity index (χ3v) is 4.24. The van der Waals surface area contributed by atoms with Crippen LogP contribution in [0, 0.1) is 18.3 Å². The van der Waals surface area contributed by atoms with Gasteiger partial charge in [-0.2, -0.15) is 13.3 Å². The van der Waals surface area contributed by atoms with E-state index < -0.39 is 0 Å². The van der Waals surface area contributed by atoms with Crippen molar-refractivity contribution in [3.63, 3.8) is 0 Å². The van der Waals surface area contributed by atoms with E-state index in [1.165, 1.54) is 57.8 Å². The Morgan fingerprint density at radius 2 is 1.42 bits per heavy atom. The summed E-state index contributed by atoms with van der Waals surface area (Å²) >= 11 is 0. The SMILES string of the molecule is C[CH-]CC(C)CC(C)CCCOCOCCCCCCCC.[Cl-].[Mg+2]. The number of hydrogen-bond acceptors (Lipinski definition) is 2. The predicted molar refractivity (Wildman–Crippen MR) is 103 cm³/mol. The number of rotatable bonds is 17. The molecule has 0 aromatic heterocycles. The predicted octanol–water partition coefficient (Wildman–Crippen LogP) is 3.02. The van der Waals surface area contributed by atoms with E-state index in [9.17, 15) is 0 Å². The van der Waals surface area contributed by atoms with Crippen LogP contribution in [0.4, 0.5) is 0 Å². The van der Waals surface area contributed by atoms with Gasteiger partial charge in [0.2, 0.25) is 0 Å². The normalized spacial score (nSPS) is 13.0. The molecule has 2 atom stereocenters. The summed E-state index contributed by atoms with van der Waals surface area (Å²) in [5.74, 6) is 1.63. The molecule has 0 rings (SSSR count). The molecule has 0 aliphatic heterocycles. The molecular formula is C20H41ClMgO2. The van der Waals surface area contributed by atoms with Crippen LogP contribution in [0.1, 0.15) is 91.9 Å². The Labute approximate surface area is 174 Å². The molecule has 0 aromatic carbocycles. The zero-order valence-corrected chi connectivity index (χ0v) is 19.0. The van der Waals surface area contributed by atoms with Gasteiger partial charge < -0.3 is 28.3 Å². The minimum Gasteiger partial charge on any atom is -1.00 e. The van der Waals surface area contributed by atoms with Crippen molar-refractivity contribution in [3.05, 3.63) is 6.42 Å². The Hall–Kier alpha value is 0.976. The van der Waals surface area contributed by atoms with Crippen LogP contribution >= 0.6 is 0 Å². The monoisotopic (exact) mass is 372 g/mol. The number of unbranched alkanes of at least 4 members (excludes halogenated alkanes) is 5. The summed E-state index contributed by atoms with van der Waals surface area (Å²) in [6, 6.07) is 0. The Morgan fingerprint density at radius 1 is 0.833 bits per heavy atom. The molecule has 0 amide bonds. The van der Waals surface area contributed by atoms with Gasteiger partial charge in [0.05, 0.1) is 0 Å². The van der Waals surface area contributed by atoms with Crippen LogP contribution < -0.4 is 12.4 Å². The summed E-state index contributed by atoms with van der Waals surface area (Å²) in [7, 11) is 0. The molecule has 0 aromatic rings. The second-order valence-corrected chi connectivity index (χ2v) is 6.93. The Bertz CT molecular complexity index is 218. The number of hydrogen-bond donors (Lipinski definition) is 0. The summed E-state index contributed by atoms with van der Waals surface area (Å²) in [5.41, 5.74) is 0. The van der Waals surface area contributed by atoms with Gasteiger partial charge in [0.15, 0.2) is 0 Å². The van der Waals surface area contributed by atoms with Crippen LogP contribution in [0.2, 0.25) is 0 Å². The van der Waals surface area contributed by atoms with E-state index in [2.05, 4.69) is 34.1 Å². The van der Waals surface area contributed by atoms with Crippen LogP contribution in [-0.2, 0) is 9.47 Å². The number of halogens is 1. The molecule has 2 unspecified atom stereocenters. The summed E-state index contributed by atoms with van der Waals surface area (Å²) < 4.78 is 11.1. The van der Waals surface area contributed by atoms with Gasteiger partial charge in [0, 0.05) is 13.2 Å². The molecule has 2 nitrogen and oxygen atoms in total. The Balaban J connectivity index is -0.00000220. The van der Waals surface area contributed by atoms with Gasteiger partial charge in [0.25, 0.3) is 0 Å². The van der Waals surface area contributed by atoms with E-state index in [1.807, 2.05) is 0 Å². The van der Waals surface area contributed by atoms with Gasteiger partial charge >= 0.3 is 23.1 Å². The molecule has 4 heteroatoms. The fraction of sp³-hybridized carbons (Fsp3) is 0.950. The van der Waals surface area contributed by atoms with Gasteiger partial charge in [-0.25, -0.2) is 0 Å². The van der Waals surface area contributed by atoms with Gasteiger partial charge in [-0.3, -0.25) is 0 Å². The van der Waals surface area contributed by atoms with E-state index in [1.54, 1.807) is 0 Å². The van der Waals surface area contributed by atoms with E-state index in [0.29, 0.717) is 6.79 Å². The topological polar surface area (TPSA) is 18.5 Å². The van der Waals surface area contributed by atoms with Crippen molar-refractivity contribution in [3.8, 4) is 0 Å². The standard InChI is InChI=1S/C20H41O2.ClH.Mg/c1-5-7-8-9-10-11-15-21-18-22-16-12-14-20(4)17-19(3)13-6-2;;/h6,19-20H,5,7-18H2,1-4H3;1H;/q-1;;+2/p-1. The fourth-order valence-electron chi connectivity index (χ4n) is 3.00. The quantitative estimate of drug-likeness (QED) is 0.169. The van der Waals surface area contributed by atoms with Crippen molar-refractivity contribution in [1.82, 2.24) is 0 Å².